The molecule has 0 aromatic heterocycles. The Bertz CT molecular complexity index is 840. The number of nitrogens with zero attached hydrogens (tertiary/aromatic N) is 1. The minimum absolute atomic E-state index is 0.00504. The van der Waals surface area contributed by atoms with Crippen LogP contribution in [-0.4, -0.2) is 48.6 Å². The van der Waals surface area contributed by atoms with Crippen LogP contribution in [0.3, 0.4) is 0 Å². The number of halogens is 1. The summed E-state index contributed by atoms with van der Waals surface area (Å²) in [7, 11) is 1.77. The zero-order valence-electron chi connectivity index (χ0n) is 18.2. The van der Waals surface area contributed by atoms with E-state index < -0.39 is 6.10 Å². The molecular weight excluding hydrogens is 395 g/mol. The molecule has 0 aliphatic carbocycles. The van der Waals surface area contributed by atoms with Crippen molar-refractivity contribution < 1.29 is 14.3 Å². The summed E-state index contributed by atoms with van der Waals surface area (Å²) in [6.07, 6.45) is 3.35. The molecule has 0 bridgehead atoms. The predicted molar refractivity (Wildman–Crippen MR) is 122 cm³/mol. The molecule has 0 saturated heterocycles. The number of rotatable bonds is 11. The van der Waals surface area contributed by atoms with Crippen molar-refractivity contribution in [3.63, 3.8) is 0 Å². The summed E-state index contributed by atoms with van der Waals surface area (Å²) < 4.78 is 13.0. The van der Waals surface area contributed by atoms with E-state index in [1.165, 1.54) is 18.3 Å². The van der Waals surface area contributed by atoms with Crippen molar-refractivity contribution in [3.8, 4) is 0 Å². The zero-order valence-corrected chi connectivity index (χ0v) is 18.2. The first-order valence-corrected chi connectivity index (χ1v) is 10.5. The van der Waals surface area contributed by atoms with Gasteiger partial charge < -0.3 is 26.8 Å². The van der Waals surface area contributed by atoms with E-state index in [9.17, 15) is 14.3 Å². The molecular formula is C24H33FN4O2. The molecule has 3 atom stereocenters. The van der Waals surface area contributed by atoms with Crippen molar-refractivity contribution in [2.45, 2.75) is 25.5 Å². The maximum absolute atomic E-state index is 13.0. The SMILES string of the molecule is CC(C(/C=C\N)CN)N(C)C(=O)c1ccc(CCNCC(O)c2ccc(F)cc2)cc1. The molecule has 1 amide bonds. The van der Waals surface area contributed by atoms with Crippen molar-refractivity contribution in [2.75, 3.05) is 26.7 Å². The molecule has 0 aliphatic heterocycles. The fourth-order valence-electron chi connectivity index (χ4n) is 3.34. The van der Waals surface area contributed by atoms with Crippen molar-refractivity contribution >= 4 is 5.91 Å². The van der Waals surface area contributed by atoms with Crippen molar-refractivity contribution in [2.24, 2.45) is 17.4 Å². The fourth-order valence-corrected chi connectivity index (χ4v) is 3.34. The standard InChI is InChI=1S/C24H33FN4O2/c1-17(21(15-27)11-13-26)29(2)24(31)20-5-3-18(4-6-20)12-14-28-16-23(30)19-7-9-22(25)10-8-19/h3-11,13,17,21,23,28,30H,12,14-16,26-27H2,1-2H3/b13-11-. The van der Waals surface area contributed by atoms with Crippen molar-refractivity contribution in [1.82, 2.24) is 10.2 Å². The maximum Gasteiger partial charge on any atom is 0.253 e. The molecule has 0 aliphatic rings. The summed E-state index contributed by atoms with van der Waals surface area (Å²) in [6, 6.07) is 13.3. The number of nitrogens with two attached hydrogens (primary N) is 2. The number of carbonyl (C=O) groups excluding carboxylic acids is 1. The van der Waals surface area contributed by atoms with E-state index in [0.29, 0.717) is 30.8 Å². The van der Waals surface area contributed by atoms with Gasteiger partial charge in [-0.1, -0.05) is 30.3 Å². The molecule has 2 aromatic rings. The van der Waals surface area contributed by atoms with Crippen LogP contribution in [0.25, 0.3) is 0 Å². The third-order valence-electron chi connectivity index (χ3n) is 5.57. The van der Waals surface area contributed by atoms with Gasteiger partial charge in [0.1, 0.15) is 5.82 Å². The van der Waals surface area contributed by atoms with Crippen molar-refractivity contribution in [1.29, 1.82) is 0 Å². The third-order valence-corrected chi connectivity index (χ3v) is 5.57. The third kappa shape index (κ3) is 7.17. The number of benzene rings is 2. The first-order chi connectivity index (χ1) is 14.9. The van der Waals surface area contributed by atoms with Crippen LogP contribution >= 0.6 is 0 Å². The van der Waals surface area contributed by atoms with Crippen LogP contribution in [0.5, 0.6) is 0 Å². The van der Waals surface area contributed by atoms with E-state index >= 15 is 0 Å². The van der Waals surface area contributed by atoms with Gasteiger partial charge in [0.05, 0.1) is 6.10 Å². The second-order valence-corrected chi connectivity index (χ2v) is 7.66. The molecule has 168 valence electrons. The molecule has 2 aromatic carbocycles. The van der Waals surface area contributed by atoms with E-state index in [1.807, 2.05) is 37.3 Å². The number of hydrogen-bond acceptors (Lipinski definition) is 5. The number of hydrogen-bond donors (Lipinski definition) is 4. The lowest BCUT2D eigenvalue weighted by molar-refractivity contribution is 0.0714. The van der Waals surface area contributed by atoms with Gasteiger partial charge in [-0.2, -0.15) is 0 Å². The minimum atomic E-state index is -0.690. The van der Waals surface area contributed by atoms with Crippen LogP contribution in [0.15, 0.2) is 60.8 Å². The predicted octanol–water partition coefficient (Wildman–Crippen LogP) is 2.20. The number of aliphatic hydroxyl groups is 1. The first kappa shape index (κ1) is 24.5. The van der Waals surface area contributed by atoms with Gasteiger partial charge in [0.15, 0.2) is 0 Å². The van der Waals surface area contributed by atoms with E-state index in [0.717, 1.165) is 12.0 Å². The normalized spacial score (nSPS) is 14.4. The van der Waals surface area contributed by atoms with Crippen LogP contribution in [0.2, 0.25) is 0 Å². The highest BCUT2D eigenvalue weighted by atomic mass is 19.1. The van der Waals surface area contributed by atoms with Gasteiger partial charge in [-0.15, -0.1) is 0 Å². The highest BCUT2D eigenvalue weighted by Crippen LogP contribution is 2.15. The Morgan fingerprint density at radius 1 is 1.19 bits per heavy atom. The molecule has 31 heavy (non-hydrogen) atoms. The Labute approximate surface area is 183 Å². The molecule has 0 fully saturated rings. The fraction of sp³-hybridized carbons (Fsp3) is 0.375. The topological polar surface area (TPSA) is 105 Å². The Kier molecular flexibility index (Phi) is 9.65. The van der Waals surface area contributed by atoms with Gasteiger partial charge in [-0.3, -0.25) is 4.79 Å². The van der Waals surface area contributed by atoms with Gasteiger partial charge in [0, 0.05) is 37.7 Å². The Balaban J connectivity index is 1.83. The molecule has 3 unspecified atom stereocenters. The summed E-state index contributed by atoms with van der Waals surface area (Å²) in [5.74, 6) is -0.392. The molecule has 0 heterocycles. The Morgan fingerprint density at radius 2 is 1.84 bits per heavy atom. The summed E-state index contributed by atoms with van der Waals surface area (Å²) in [4.78, 5) is 14.5. The van der Waals surface area contributed by atoms with Crippen LogP contribution in [0.4, 0.5) is 4.39 Å². The van der Waals surface area contributed by atoms with E-state index in [4.69, 9.17) is 11.5 Å². The monoisotopic (exact) mass is 428 g/mol. The van der Waals surface area contributed by atoms with E-state index in [2.05, 4.69) is 5.32 Å². The summed E-state index contributed by atoms with van der Waals surface area (Å²) in [6.45, 7) is 3.42. The van der Waals surface area contributed by atoms with Crippen LogP contribution in [0, 0.1) is 11.7 Å². The number of aliphatic hydroxyl groups excluding tert-OH is 1. The van der Waals surface area contributed by atoms with Gasteiger partial charge in [0.25, 0.3) is 5.91 Å². The van der Waals surface area contributed by atoms with E-state index in [-0.39, 0.29) is 23.7 Å². The first-order valence-electron chi connectivity index (χ1n) is 10.5. The number of carbonyl (C=O) groups is 1. The minimum Gasteiger partial charge on any atom is -0.405 e. The highest BCUT2D eigenvalue weighted by molar-refractivity contribution is 5.94. The number of amides is 1. The van der Waals surface area contributed by atoms with Crippen LogP contribution < -0.4 is 16.8 Å². The summed E-state index contributed by atoms with van der Waals surface area (Å²) in [5.41, 5.74) is 13.6. The lowest BCUT2D eigenvalue weighted by atomic mass is 9.99. The largest absolute Gasteiger partial charge is 0.405 e. The zero-order chi connectivity index (χ0) is 22.8. The maximum atomic E-state index is 13.0. The Morgan fingerprint density at radius 3 is 2.42 bits per heavy atom. The molecule has 7 heteroatoms. The van der Waals surface area contributed by atoms with Crippen LogP contribution in [-0.2, 0) is 6.42 Å². The van der Waals surface area contributed by atoms with Gasteiger partial charge in [0.2, 0.25) is 0 Å². The van der Waals surface area contributed by atoms with Crippen LogP contribution in [0.1, 0.15) is 34.5 Å². The summed E-state index contributed by atoms with van der Waals surface area (Å²) in [5, 5.41) is 13.3. The molecule has 0 spiro atoms. The molecule has 0 saturated carbocycles. The average Bonchev–Trinajstić information content (AvgIpc) is 2.79. The molecule has 0 radical (unpaired) electrons. The van der Waals surface area contributed by atoms with Crippen molar-refractivity contribution in [3.05, 3.63) is 83.3 Å². The molecule has 6 nitrogen and oxygen atoms in total. The number of nitrogens with one attached hydrogen (secondary N) is 1. The lowest BCUT2D eigenvalue weighted by Crippen LogP contribution is -2.41. The van der Waals surface area contributed by atoms with Gasteiger partial charge >= 0.3 is 0 Å². The smallest absolute Gasteiger partial charge is 0.253 e. The Hall–Kier alpha value is -2.74. The lowest BCUT2D eigenvalue weighted by Gasteiger charge is -2.30. The average molecular weight is 429 g/mol. The summed E-state index contributed by atoms with van der Waals surface area (Å²) >= 11 is 0. The molecule has 6 N–H and O–H groups in total. The van der Waals surface area contributed by atoms with Gasteiger partial charge in [-0.05, 0) is 61.5 Å². The second kappa shape index (κ2) is 12.2. The molecule has 2 rings (SSSR count). The highest BCUT2D eigenvalue weighted by Gasteiger charge is 2.22. The quantitative estimate of drug-likeness (QED) is 0.411. The second-order valence-electron chi connectivity index (χ2n) is 7.66. The van der Waals surface area contributed by atoms with E-state index in [1.54, 1.807) is 24.1 Å². The van der Waals surface area contributed by atoms with Gasteiger partial charge in [-0.25, -0.2) is 4.39 Å².